The first-order valence-electron chi connectivity index (χ1n) is 6.40. The molecule has 0 saturated carbocycles. The van der Waals surface area contributed by atoms with Crippen molar-refractivity contribution >= 4 is 29.1 Å². The van der Waals surface area contributed by atoms with E-state index in [1.54, 1.807) is 37.3 Å². The van der Waals surface area contributed by atoms with Crippen LogP contribution in [0.2, 0.25) is 5.02 Å². The van der Waals surface area contributed by atoms with Crippen molar-refractivity contribution in [1.29, 1.82) is 0 Å². The Kier molecular flexibility index (Phi) is 5.21. The molecule has 2 aromatic rings. The first kappa shape index (κ1) is 15.7. The summed E-state index contributed by atoms with van der Waals surface area (Å²) in [6, 6.07) is 10.0. The van der Waals surface area contributed by atoms with E-state index in [0.29, 0.717) is 16.4 Å². The number of hydrazine groups is 1. The molecule has 0 atom stereocenters. The third-order valence-electron chi connectivity index (χ3n) is 2.60. The summed E-state index contributed by atoms with van der Waals surface area (Å²) in [5.41, 5.74) is 5.98. The summed E-state index contributed by atoms with van der Waals surface area (Å²) in [6.07, 6.45) is 2.69. The van der Waals surface area contributed by atoms with Gasteiger partial charge in [0.25, 0.3) is 0 Å². The lowest BCUT2D eigenvalue weighted by molar-refractivity contribution is -0.112. The van der Waals surface area contributed by atoms with Crippen molar-refractivity contribution in [2.24, 2.45) is 0 Å². The van der Waals surface area contributed by atoms with Gasteiger partial charge in [-0.05, 0) is 31.2 Å². The van der Waals surface area contributed by atoms with Gasteiger partial charge in [-0.3, -0.25) is 15.0 Å². The number of nitrogens with one attached hydrogen (secondary N) is 3. The number of para-hydroxylation sites is 1. The molecule has 22 heavy (non-hydrogen) atoms. The molecule has 0 fully saturated rings. The topological polar surface area (TPSA) is 83.4 Å². The largest absolute Gasteiger partial charge is 0.459 e. The highest BCUT2D eigenvalue weighted by Crippen LogP contribution is 2.20. The number of anilines is 1. The fourth-order valence-electron chi connectivity index (χ4n) is 1.59. The lowest BCUT2D eigenvalue weighted by Crippen LogP contribution is -2.36. The number of benzene rings is 1. The van der Waals surface area contributed by atoms with Crippen LogP contribution in [0.5, 0.6) is 0 Å². The van der Waals surface area contributed by atoms with E-state index in [1.165, 1.54) is 18.4 Å². The molecule has 6 nitrogen and oxygen atoms in total. The molecule has 0 saturated heterocycles. The van der Waals surface area contributed by atoms with Crippen molar-refractivity contribution in [2.45, 2.75) is 6.92 Å². The number of furan rings is 1. The molecule has 7 heteroatoms. The van der Waals surface area contributed by atoms with Gasteiger partial charge in [0, 0.05) is 11.8 Å². The molecule has 2 rings (SSSR count). The van der Waals surface area contributed by atoms with Gasteiger partial charge in [0.2, 0.25) is 5.91 Å². The molecule has 114 valence electrons. The highest BCUT2D eigenvalue weighted by atomic mass is 35.5. The average molecular weight is 320 g/mol. The van der Waals surface area contributed by atoms with E-state index in [2.05, 4.69) is 16.2 Å². The Morgan fingerprint density at radius 2 is 1.91 bits per heavy atom. The van der Waals surface area contributed by atoms with Crippen molar-refractivity contribution < 1.29 is 14.0 Å². The number of amides is 2. The maximum atomic E-state index is 11.8. The van der Waals surface area contributed by atoms with Gasteiger partial charge in [-0.1, -0.05) is 23.7 Å². The molecule has 0 aliphatic heterocycles. The maximum absolute atomic E-state index is 11.8. The zero-order chi connectivity index (χ0) is 15.9. The standard InChI is InChI=1S/C15H14ClN3O3/c1-10(18-19-15(21)13-7-4-8-22-13)9-14(20)17-12-6-3-2-5-11(12)16/h2-9,18H,1H3,(H,17,20)(H,19,21)/b10-9+. The Bertz CT molecular complexity index is 696. The Labute approximate surface area is 132 Å². The van der Waals surface area contributed by atoms with Crippen LogP contribution in [0.15, 0.2) is 58.9 Å². The summed E-state index contributed by atoms with van der Waals surface area (Å²) in [7, 11) is 0. The van der Waals surface area contributed by atoms with Crippen LogP contribution in [0, 0.1) is 0 Å². The van der Waals surface area contributed by atoms with E-state index < -0.39 is 5.91 Å². The SMILES string of the molecule is C/C(=C\C(=O)Nc1ccccc1Cl)NNC(=O)c1ccco1. The summed E-state index contributed by atoms with van der Waals surface area (Å²) in [5, 5.41) is 3.08. The van der Waals surface area contributed by atoms with Gasteiger partial charge in [0.15, 0.2) is 5.76 Å². The van der Waals surface area contributed by atoms with Crippen molar-refractivity contribution in [3.8, 4) is 0 Å². The van der Waals surface area contributed by atoms with E-state index in [4.69, 9.17) is 16.0 Å². The average Bonchev–Trinajstić information content (AvgIpc) is 3.01. The number of halogens is 1. The second kappa shape index (κ2) is 7.33. The molecule has 1 aromatic carbocycles. The molecule has 1 aromatic heterocycles. The lowest BCUT2D eigenvalue weighted by Gasteiger charge is -2.08. The van der Waals surface area contributed by atoms with E-state index in [1.807, 2.05) is 0 Å². The molecule has 0 aliphatic rings. The first-order valence-corrected chi connectivity index (χ1v) is 6.78. The van der Waals surface area contributed by atoms with Crippen LogP contribution < -0.4 is 16.2 Å². The molecule has 0 aliphatic carbocycles. The number of hydrogen-bond donors (Lipinski definition) is 3. The first-order chi connectivity index (χ1) is 10.6. The third kappa shape index (κ3) is 4.39. The Hall–Kier alpha value is -2.73. The fourth-order valence-corrected chi connectivity index (χ4v) is 1.77. The van der Waals surface area contributed by atoms with Crippen LogP contribution in [0.25, 0.3) is 0 Å². The van der Waals surface area contributed by atoms with E-state index in [9.17, 15) is 9.59 Å². The van der Waals surface area contributed by atoms with Crippen molar-refractivity contribution in [1.82, 2.24) is 10.9 Å². The van der Waals surface area contributed by atoms with E-state index in [-0.39, 0.29) is 11.7 Å². The number of carbonyl (C=O) groups is 2. The Balaban J connectivity index is 1.87. The van der Waals surface area contributed by atoms with Crippen molar-refractivity contribution in [2.75, 3.05) is 5.32 Å². The summed E-state index contributed by atoms with van der Waals surface area (Å²) in [6.45, 7) is 1.63. The van der Waals surface area contributed by atoms with Crippen molar-refractivity contribution in [3.63, 3.8) is 0 Å². The Morgan fingerprint density at radius 3 is 2.59 bits per heavy atom. The molecule has 1 heterocycles. The van der Waals surface area contributed by atoms with Crippen LogP contribution in [-0.2, 0) is 4.79 Å². The molecule has 0 spiro atoms. The molecule has 0 bridgehead atoms. The monoisotopic (exact) mass is 319 g/mol. The predicted octanol–water partition coefficient (Wildman–Crippen LogP) is 2.71. The minimum Gasteiger partial charge on any atom is -0.459 e. The van der Waals surface area contributed by atoms with E-state index >= 15 is 0 Å². The predicted molar refractivity (Wildman–Crippen MR) is 83.1 cm³/mol. The highest BCUT2D eigenvalue weighted by Gasteiger charge is 2.08. The Morgan fingerprint density at radius 1 is 1.14 bits per heavy atom. The van der Waals surface area contributed by atoms with Crippen LogP contribution in [0.4, 0.5) is 5.69 Å². The van der Waals surface area contributed by atoms with Crippen LogP contribution >= 0.6 is 11.6 Å². The zero-order valence-corrected chi connectivity index (χ0v) is 12.5. The van der Waals surface area contributed by atoms with Crippen LogP contribution in [-0.4, -0.2) is 11.8 Å². The normalized spacial score (nSPS) is 10.9. The second-order valence-corrected chi connectivity index (χ2v) is 4.76. The molecule has 3 N–H and O–H groups in total. The van der Waals surface area contributed by atoms with Crippen LogP contribution in [0.3, 0.4) is 0 Å². The highest BCUT2D eigenvalue weighted by molar-refractivity contribution is 6.33. The number of carbonyl (C=O) groups excluding carboxylic acids is 2. The summed E-state index contributed by atoms with van der Waals surface area (Å²) >= 11 is 5.95. The van der Waals surface area contributed by atoms with Crippen LogP contribution in [0.1, 0.15) is 17.5 Å². The van der Waals surface area contributed by atoms with Gasteiger partial charge < -0.3 is 15.2 Å². The molecule has 0 radical (unpaired) electrons. The van der Waals surface area contributed by atoms with Gasteiger partial charge in [-0.25, -0.2) is 0 Å². The van der Waals surface area contributed by atoms with Gasteiger partial charge in [-0.15, -0.1) is 0 Å². The minimum atomic E-state index is -0.440. The number of allylic oxidation sites excluding steroid dienone is 1. The van der Waals surface area contributed by atoms with Gasteiger partial charge in [0.1, 0.15) is 0 Å². The third-order valence-corrected chi connectivity index (χ3v) is 2.93. The quantitative estimate of drug-likeness (QED) is 0.584. The summed E-state index contributed by atoms with van der Waals surface area (Å²) in [5.74, 6) is -0.643. The number of rotatable bonds is 5. The minimum absolute atomic E-state index is 0.167. The zero-order valence-electron chi connectivity index (χ0n) is 11.7. The van der Waals surface area contributed by atoms with Gasteiger partial charge in [-0.2, -0.15) is 0 Å². The summed E-state index contributed by atoms with van der Waals surface area (Å²) < 4.78 is 4.94. The smallest absolute Gasteiger partial charge is 0.305 e. The second-order valence-electron chi connectivity index (χ2n) is 4.35. The number of hydrogen-bond acceptors (Lipinski definition) is 4. The summed E-state index contributed by atoms with van der Waals surface area (Å²) in [4.78, 5) is 23.5. The molecular formula is C15H14ClN3O3. The van der Waals surface area contributed by atoms with Crippen molar-refractivity contribution in [3.05, 3.63) is 65.2 Å². The van der Waals surface area contributed by atoms with Gasteiger partial charge in [0.05, 0.1) is 17.0 Å². The molecule has 2 amide bonds. The fraction of sp³-hybridized carbons (Fsp3) is 0.0667. The maximum Gasteiger partial charge on any atom is 0.305 e. The lowest BCUT2D eigenvalue weighted by atomic mass is 10.3. The molecule has 0 unspecified atom stereocenters. The van der Waals surface area contributed by atoms with Gasteiger partial charge >= 0.3 is 5.91 Å². The van der Waals surface area contributed by atoms with E-state index in [0.717, 1.165) is 0 Å². The molecular weight excluding hydrogens is 306 g/mol.